The first kappa shape index (κ1) is 18.9. The summed E-state index contributed by atoms with van der Waals surface area (Å²) in [5.74, 6) is 0.333. The second-order valence-electron chi connectivity index (χ2n) is 7.96. The Balaban J connectivity index is 1.76. The van der Waals surface area contributed by atoms with Gasteiger partial charge in [-0.1, -0.05) is 26.7 Å². The average Bonchev–Trinajstić information content (AvgIpc) is 2.93. The molecule has 2 atom stereocenters. The largest absolute Gasteiger partial charge is 0.342 e. The molecule has 2 fully saturated rings. The first-order valence-electron chi connectivity index (χ1n) is 10.1. The summed E-state index contributed by atoms with van der Waals surface area (Å²) in [7, 11) is 0. The van der Waals surface area contributed by atoms with E-state index in [1.807, 2.05) is 43.3 Å². The van der Waals surface area contributed by atoms with E-state index in [4.69, 9.17) is 0 Å². The smallest absolute Gasteiger partial charge is 0.227 e. The van der Waals surface area contributed by atoms with Gasteiger partial charge in [-0.15, -0.1) is 0 Å². The zero-order valence-electron chi connectivity index (χ0n) is 16.1. The number of piperidine rings is 1. The van der Waals surface area contributed by atoms with Crippen LogP contribution in [-0.4, -0.2) is 46.2 Å². The lowest BCUT2D eigenvalue weighted by Crippen LogP contribution is -2.48. The molecule has 2 aliphatic rings. The predicted octanol–water partition coefficient (Wildman–Crippen LogP) is 3.42. The Morgan fingerprint density at radius 1 is 1.04 bits per heavy atom. The normalized spacial score (nSPS) is 24.4. The Morgan fingerprint density at radius 3 is 2.54 bits per heavy atom. The molecule has 1 aromatic heterocycles. The fraction of sp³-hybridized carbons (Fsp3) is 0.667. The van der Waals surface area contributed by atoms with E-state index in [1.54, 1.807) is 0 Å². The van der Waals surface area contributed by atoms with E-state index in [9.17, 15) is 9.59 Å². The molecule has 0 aliphatic carbocycles. The maximum absolute atomic E-state index is 13.4. The number of carbonyl (C=O) groups is 2. The molecule has 26 heavy (non-hydrogen) atoms. The third-order valence-electron chi connectivity index (χ3n) is 5.70. The van der Waals surface area contributed by atoms with Gasteiger partial charge in [-0.2, -0.15) is 0 Å². The summed E-state index contributed by atoms with van der Waals surface area (Å²) in [6.07, 6.45) is 9.83. The summed E-state index contributed by atoms with van der Waals surface area (Å²) >= 11 is 0. The van der Waals surface area contributed by atoms with Gasteiger partial charge < -0.3 is 9.80 Å². The van der Waals surface area contributed by atoms with E-state index in [0.29, 0.717) is 6.54 Å². The molecule has 0 unspecified atom stereocenters. The molecular formula is C21H31N3O2. The molecule has 5 heteroatoms. The van der Waals surface area contributed by atoms with Gasteiger partial charge in [0.1, 0.15) is 0 Å². The van der Waals surface area contributed by atoms with Crippen molar-refractivity contribution in [2.75, 3.05) is 19.6 Å². The molecule has 0 N–H and O–H groups in total. The average molecular weight is 357 g/mol. The number of amides is 2. The third-order valence-corrected chi connectivity index (χ3v) is 5.70. The first-order valence-corrected chi connectivity index (χ1v) is 10.1. The lowest BCUT2D eigenvalue weighted by molar-refractivity contribution is -0.144. The fourth-order valence-electron chi connectivity index (χ4n) is 4.28. The van der Waals surface area contributed by atoms with Crippen LogP contribution in [0.5, 0.6) is 0 Å². The minimum Gasteiger partial charge on any atom is -0.342 e. The molecule has 0 spiro atoms. The molecule has 2 aliphatic heterocycles. The van der Waals surface area contributed by atoms with E-state index in [2.05, 4.69) is 9.88 Å². The molecule has 1 aromatic rings. The number of hydrogen-bond acceptors (Lipinski definition) is 3. The van der Waals surface area contributed by atoms with Crippen LogP contribution in [0.25, 0.3) is 0 Å². The van der Waals surface area contributed by atoms with Crippen LogP contribution in [0.1, 0.15) is 64.0 Å². The Labute approximate surface area is 156 Å². The molecule has 2 amide bonds. The molecular weight excluding hydrogens is 326 g/mol. The highest BCUT2D eigenvalue weighted by molar-refractivity contribution is 5.82. The maximum atomic E-state index is 13.4. The van der Waals surface area contributed by atoms with Crippen molar-refractivity contribution in [1.82, 2.24) is 14.8 Å². The van der Waals surface area contributed by atoms with Gasteiger partial charge >= 0.3 is 0 Å². The second kappa shape index (κ2) is 8.65. The van der Waals surface area contributed by atoms with Crippen LogP contribution in [0.2, 0.25) is 0 Å². The topological polar surface area (TPSA) is 53.5 Å². The van der Waals surface area contributed by atoms with Gasteiger partial charge in [-0.3, -0.25) is 14.6 Å². The van der Waals surface area contributed by atoms with E-state index in [0.717, 1.165) is 45.2 Å². The van der Waals surface area contributed by atoms with Crippen LogP contribution in [0.3, 0.4) is 0 Å². The number of aromatic nitrogens is 1. The van der Waals surface area contributed by atoms with Crippen molar-refractivity contribution in [3.63, 3.8) is 0 Å². The van der Waals surface area contributed by atoms with Crippen LogP contribution in [0.15, 0.2) is 24.5 Å². The lowest BCUT2D eigenvalue weighted by atomic mass is 9.93. The van der Waals surface area contributed by atoms with Crippen LogP contribution in [0, 0.1) is 11.8 Å². The monoisotopic (exact) mass is 357 g/mol. The molecule has 2 saturated heterocycles. The number of nitrogens with zero attached hydrogens (tertiary/aromatic N) is 3. The zero-order valence-corrected chi connectivity index (χ0v) is 16.1. The van der Waals surface area contributed by atoms with Crippen LogP contribution in [-0.2, 0) is 9.59 Å². The lowest BCUT2D eigenvalue weighted by Gasteiger charge is -2.38. The van der Waals surface area contributed by atoms with Crippen molar-refractivity contribution in [2.45, 2.75) is 58.4 Å². The summed E-state index contributed by atoms with van der Waals surface area (Å²) in [4.78, 5) is 33.9. The number of pyridine rings is 1. The van der Waals surface area contributed by atoms with Crippen LogP contribution >= 0.6 is 0 Å². The van der Waals surface area contributed by atoms with Gasteiger partial charge in [0.25, 0.3) is 0 Å². The molecule has 5 nitrogen and oxygen atoms in total. The maximum Gasteiger partial charge on any atom is 0.227 e. The SMILES string of the molecule is CC(C)C(=O)N1CCC[C@@H](C(=O)N2CCCCC[C@H]2c2ccncc2)C1. The summed E-state index contributed by atoms with van der Waals surface area (Å²) in [6.45, 7) is 6.05. The van der Waals surface area contributed by atoms with Crippen molar-refractivity contribution >= 4 is 11.8 Å². The number of hydrogen-bond donors (Lipinski definition) is 0. The minimum atomic E-state index is -0.0612. The minimum absolute atomic E-state index is 0.00777. The van der Waals surface area contributed by atoms with E-state index >= 15 is 0 Å². The van der Waals surface area contributed by atoms with Gasteiger partial charge in [-0.25, -0.2) is 0 Å². The Bertz CT molecular complexity index is 617. The Morgan fingerprint density at radius 2 is 1.81 bits per heavy atom. The molecule has 142 valence electrons. The summed E-state index contributed by atoms with van der Waals surface area (Å²) in [5, 5.41) is 0. The summed E-state index contributed by atoms with van der Waals surface area (Å²) in [5.41, 5.74) is 1.18. The Kier molecular flexibility index (Phi) is 6.28. The highest BCUT2D eigenvalue weighted by Crippen LogP contribution is 2.32. The molecule has 0 saturated carbocycles. The van der Waals surface area contributed by atoms with E-state index in [-0.39, 0.29) is 29.7 Å². The van der Waals surface area contributed by atoms with E-state index < -0.39 is 0 Å². The van der Waals surface area contributed by atoms with Crippen molar-refractivity contribution < 1.29 is 9.59 Å². The zero-order chi connectivity index (χ0) is 18.5. The molecule has 0 radical (unpaired) electrons. The fourth-order valence-corrected chi connectivity index (χ4v) is 4.28. The van der Waals surface area contributed by atoms with Crippen LogP contribution in [0.4, 0.5) is 0 Å². The molecule has 3 rings (SSSR count). The van der Waals surface area contributed by atoms with Gasteiger partial charge in [0.05, 0.1) is 12.0 Å². The highest BCUT2D eigenvalue weighted by Gasteiger charge is 2.35. The van der Waals surface area contributed by atoms with Crippen LogP contribution < -0.4 is 0 Å². The Hall–Kier alpha value is -1.91. The van der Waals surface area contributed by atoms with Crippen molar-refractivity contribution in [3.05, 3.63) is 30.1 Å². The summed E-state index contributed by atoms with van der Waals surface area (Å²) in [6, 6.07) is 4.21. The molecule has 3 heterocycles. The predicted molar refractivity (Wildman–Crippen MR) is 101 cm³/mol. The third kappa shape index (κ3) is 4.25. The van der Waals surface area contributed by atoms with Crippen molar-refractivity contribution in [1.29, 1.82) is 0 Å². The quantitative estimate of drug-likeness (QED) is 0.833. The van der Waals surface area contributed by atoms with Gasteiger partial charge in [-0.05, 0) is 43.4 Å². The molecule has 0 bridgehead atoms. The number of likely N-dealkylation sites (tertiary alicyclic amines) is 2. The number of rotatable bonds is 3. The number of carbonyl (C=O) groups excluding carboxylic acids is 2. The first-order chi connectivity index (χ1) is 12.6. The standard InChI is InChI=1S/C21H31N3O2/c1-16(2)20(25)23-13-6-7-18(15-23)21(26)24-14-5-3-4-8-19(24)17-9-11-22-12-10-17/h9-12,16,18-19H,3-8,13-15H2,1-2H3/t18-,19+/m1/s1. The van der Waals surface area contributed by atoms with Crippen molar-refractivity contribution in [3.8, 4) is 0 Å². The molecule has 0 aromatic carbocycles. The van der Waals surface area contributed by atoms with Crippen molar-refractivity contribution in [2.24, 2.45) is 11.8 Å². The summed E-state index contributed by atoms with van der Waals surface area (Å²) < 4.78 is 0. The van der Waals surface area contributed by atoms with Gasteiger partial charge in [0.15, 0.2) is 0 Å². The second-order valence-corrected chi connectivity index (χ2v) is 7.96. The highest BCUT2D eigenvalue weighted by atomic mass is 16.2. The van der Waals surface area contributed by atoms with Gasteiger partial charge in [0, 0.05) is 37.9 Å². The van der Waals surface area contributed by atoms with E-state index in [1.165, 1.54) is 12.0 Å². The van der Waals surface area contributed by atoms with Gasteiger partial charge in [0.2, 0.25) is 11.8 Å².